The van der Waals surface area contributed by atoms with Crippen LogP contribution >= 0.6 is 12.4 Å². The first-order valence-corrected chi connectivity index (χ1v) is 8.95. The van der Waals surface area contributed by atoms with Crippen molar-refractivity contribution in [1.29, 1.82) is 0 Å². The molecule has 8 nitrogen and oxygen atoms in total. The molecule has 2 aliphatic heterocycles. The number of hydrogen-bond donors (Lipinski definition) is 2. The Labute approximate surface area is 160 Å². The van der Waals surface area contributed by atoms with Crippen LogP contribution in [0, 0.1) is 0 Å². The Kier molecular flexibility index (Phi) is 7.43. The number of carbonyl (C=O) groups is 2. The Hall–Kier alpha value is -1.64. The maximum atomic E-state index is 12.3. The van der Waals surface area contributed by atoms with Crippen molar-refractivity contribution in [2.24, 2.45) is 0 Å². The van der Waals surface area contributed by atoms with E-state index in [9.17, 15) is 9.59 Å². The lowest BCUT2D eigenvalue weighted by molar-refractivity contribution is -0.140. The van der Waals surface area contributed by atoms with Crippen molar-refractivity contribution in [2.75, 3.05) is 33.7 Å². The van der Waals surface area contributed by atoms with Crippen LogP contribution in [0.5, 0.6) is 0 Å². The van der Waals surface area contributed by atoms with Crippen LogP contribution in [0.3, 0.4) is 0 Å². The summed E-state index contributed by atoms with van der Waals surface area (Å²) in [5.74, 6) is -0.220. The summed E-state index contributed by atoms with van der Waals surface area (Å²) >= 11 is 0. The van der Waals surface area contributed by atoms with E-state index < -0.39 is 6.10 Å². The standard InChI is InChI=1S/C17H27N5O3.ClH/c1-21(2)17(24)15-6-5-13(25-15)11-19-16(23)14-7-9-22(20-14)12-4-3-8-18-10-12;/h7,9,12-13,15,18H,3-6,8,10-11H2,1-2H3,(H,19,23);1H. The molecule has 0 bridgehead atoms. The highest BCUT2D eigenvalue weighted by Gasteiger charge is 2.31. The molecule has 0 saturated carbocycles. The maximum Gasteiger partial charge on any atom is 0.271 e. The van der Waals surface area contributed by atoms with Crippen LogP contribution in [0.1, 0.15) is 42.2 Å². The summed E-state index contributed by atoms with van der Waals surface area (Å²) in [7, 11) is 3.44. The molecule has 2 saturated heterocycles. The number of ether oxygens (including phenoxy) is 1. The van der Waals surface area contributed by atoms with Gasteiger partial charge in [0.2, 0.25) is 0 Å². The zero-order valence-electron chi connectivity index (χ0n) is 15.3. The van der Waals surface area contributed by atoms with Crippen molar-refractivity contribution in [3.05, 3.63) is 18.0 Å². The molecular weight excluding hydrogens is 358 g/mol. The Morgan fingerprint density at radius 3 is 2.88 bits per heavy atom. The molecule has 2 aliphatic rings. The lowest BCUT2D eigenvalue weighted by Crippen LogP contribution is -2.36. The highest BCUT2D eigenvalue weighted by Crippen LogP contribution is 2.20. The predicted molar refractivity (Wildman–Crippen MR) is 99.5 cm³/mol. The molecule has 3 rings (SSSR count). The van der Waals surface area contributed by atoms with Crippen LogP contribution in [0.25, 0.3) is 0 Å². The van der Waals surface area contributed by atoms with Gasteiger partial charge >= 0.3 is 0 Å². The number of nitrogens with one attached hydrogen (secondary N) is 2. The number of hydrogen-bond acceptors (Lipinski definition) is 5. The molecule has 0 spiro atoms. The van der Waals surface area contributed by atoms with Crippen LogP contribution < -0.4 is 10.6 Å². The molecule has 26 heavy (non-hydrogen) atoms. The van der Waals surface area contributed by atoms with Crippen LogP contribution in [-0.4, -0.2) is 72.4 Å². The van der Waals surface area contributed by atoms with Crippen molar-refractivity contribution < 1.29 is 14.3 Å². The second kappa shape index (κ2) is 9.34. The molecule has 3 unspecified atom stereocenters. The highest BCUT2D eigenvalue weighted by atomic mass is 35.5. The van der Waals surface area contributed by atoms with Gasteiger partial charge in [-0.25, -0.2) is 0 Å². The minimum atomic E-state index is -0.394. The molecule has 2 fully saturated rings. The molecule has 3 atom stereocenters. The van der Waals surface area contributed by atoms with Gasteiger partial charge in [0.25, 0.3) is 11.8 Å². The van der Waals surface area contributed by atoms with Gasteiger partial charge in [0.1, 0.15) is 11.8 Å². The summed E-state index contributed by atoms with van der Waals surface area (Å²) in [6.07, 6.45) is 5.01. The normalized spacial score (nSPS) is 25.4. The van der Waals surface area contributed by atoms with Gasteiger partial charge in [0.05, 0.1) is 12.1 Å². The monoisotopic (exact) mass is 385 g/mol. The Morgan fingerprint density at radius 1 is 1.38 bits per heavy atom. The molecule has 2 N–H and O–H groups in total. The van der Waals surface area contributed by atoms with Gasteiger partial charge in [-0.05, 0) is 38.3 Å². The first kappa shape index (κ1) is 20.7. The predicted octanol–water partition coefficient (Wildman–Crippen LogP) is 0.595. The van der Waals surface area contributed by atoms with Crippen LogP contribution in [0.15, 0.2) is 12.3 Å². The first-order valence-electron chi connectivity index (χ1n) is 8.95. The third-order valence-electron chi connectivity index (χ3n) is 4.80. The van der Waals surface area contributed by atoms with E-state index in [-0.39, 0.29) is 30.3 Å². The largest absolute Gasteiger partial charge is 0.363 e. The fraction of sp³-hybridized carbons (Fsp3) is 0.706. The number of aromatic nitrogens is 2. The second-order valence-corrected chi connectivity index (χ2v) is 6.95. The van der Waals surface area contributed by atoms with E-state index in [0.29, 0.717) is 24.7 Å². The van der Waals surface area contributed by atoms with Crippen molar-refractivity contribution in [3.8, 4) is 0 Å². The average molecular weight is 386 g/mol. The third-order valence-corrected chi connectivity index (χ3v) is 4.80. The number of halogens is 1. The van der Waals surface area contributed by atoms with E-state index in [4.69, 9.17) is 4.74 Å². The Morgan fingerprint density at radius 2 is 2.19 bits per heavy atom. The quantitative estimate of drug-likeness (QED) is 0.774. The summed E-state index contributed by atoms with van der Waals surface area (Å²) in [5, 5.41) is 10.6. The molecule has 0 aromatic carbocycles. The van der Waals surface area contributed by atoms with E-state index in [1.54, 1.807) is 25.1 Å². The summed E-state index contributed by atoms with van der Waals surface area (Å²) in [4.78, 5) is 25.7. The van der Waals surface area contributed by atoms with Crippen LogP contribution in [-0.2, 0) is 9.53 Å². The average Bonchev–Trinajstić information content (AvgIpc) is 3.29. The first-order chi connectivity index (χ1) is 12.0. The molecular formula is C17H28ClN5O3. The van der Waals surface area contributed by atoms with Crippen molar-refractivity contribution >= 4 is 24.2 Å². The maximum absolute atomic E-state index is 12.3. The topological polar surface area (TPSA) is 88.5 Å². The molecule has 1 aromatic heterocycles. The molecule has 3 heterocycles. The SMILES string of the molecule is CN(C)C(=O)C1CCC(CNC(=O)c2ccn(C3CCCNC3)n2)O1.Cl. The number of rotatable bonds is 5. The number of amides is 2. The van der Waals surface area contributed by atoms with Gasteiger partial charge in [0, 0.05) is 33.4 Å². The van der Waals surface area contributed by atoms with Crippen LogP contribution in [0.2, 0.25) is 0 Å². The zero-order chi connectivity index (χ0) is 17.8. The fourth-order valence-electron chi connectivity index (χ4n) is 3.34. The molecule has 0 radical (unpaired) electrons. The van der Waals surface area contributed by atoms with Gasteiger partial charge in [-0.15, -0.1) is 12.4 Å². The number of nitrogens with zero attached hydrogens (tertiary/aromatic N) is 3. The lowest BCUT2D eigenvalue weighted by Gasteiger charge is -2.22. The highest BCUT2D eigenvalue weighted by molar-refractivity contribution is 5.92. The number of carbonyl (C=O) groups excluding carboxylic acids is 2. The lowest BCUT2D eigenvalue weighted by atomic mass is 10.1. The van der Waals surface area contributed by atoms with E-state index in [1.807, 2.05) is 10.9 Å². The van der Waals surface area contributed by atoms with Crippen molar-refractivity contribution in [1.82, 2.24) is 25.3 Å². The van der Waals surface area contributed by atoms with E-state index in [2.05, 4.69) is 15.7 Å². The smallest absolute Gasteiger partial charge is 0.271 e. The van der Waals surface area contributed by atoms with Gasteiger partial charge in [-0.1, -0.05) is 0 Å². The Balaban J connectivity index is 0.00000243. The number of likely N-dealkylation sites (N-methyl/N-ethyl adjacent to an activating group) is 1. The van der Waals surface area contributed by atoms with Gasteiger partial charge < -0.3 is 20.3 Å². The summed E-state index contributed by atoms with van der Waals surface area (Å²) in [6, 6.07) is 2.06. The minimum Gasteiger partial charge on any atom is -0.363 e. The van der Waals surface area contributed by atoms with Crippen molar-refractivity contribution in [2.45, 2.75) is 43.9 Å². The summed E-state index contributed by atoms with van der Waals surface area (Å²) < 4.78 is 7.61. The summed E-state index contributed by atoms with van der Waals surface area (Å²) in [6.45, 7) is 2.33. The summed E-state index contributed by atoms with van der Waals surface area (Å²) in [5.41, 5.74) is 0.421. The van der Waals surface area contributed by atoms with E-state index in [0.717, 1.165) is 32.4 Å². The molecule has 2 amide bonds. The van der Waals surface area contributed by atoms with E-state index >= 15 is 0 Å². The molecule has 1 aromatic rings. The fourth-order valence-corrected chi connectivity index (χ4v) is 3.34. The van der Waals surface area contributed by atoms with Crippen LogP contribution in [0.4, 0.5) is 0 Å². The van der Waals surface area contributed by atoms with Gasteiger partial charge in [0.15, 0.2) is 0 Å². The molecule has 9 heteroatoms. The van der Waals surface area contributed by atoms with Gasteiger partial charge in [-0.2, -0.15) is 5.10 Å². The zero-order valence-corrected chi connectivity index (χ0v) is 16.1. The third kappa shape index (κ3) is 4.96. The van der Waals surface area contributed by atoms with Crippen molar-refractivity contribution in [3.63, 3.8) is 0 Å². The van der Waals surface area contributed by atoms with E-state index in [1.165, 1.54) is 0 Å². The minimum absolute atomic E-state index is 0. The Bertz CT molecular complexity index is 615. The molecule has 146 valence electrons. The second-order valence-electron chi connectivity index (χ2n) is 6.95. The number of piperidine rings is 1. The van der Waals surface area contributed by atoms with Gasteiger partial charge in [-0.3, -0.25) is 14.3 Å². The molecule has 0 aliphatic carbocycles.